The monoisotopic (exact) mass is 320 g/mol. The van der Waals surface area contributed by atoms with Gasteiger partial charge in [0.15, 0.2) is 11.6 Å². The predicted molar refractivity (Wildman–Crippen MR) is 79.5 cm³/mol. The summed E-state index contributed by atoms with van der Waals surface area (Å²) in [6, 6.07) is 4.26. The maximum atomic E-state index is 13.6. The molecule has 0 unspecified atom stereocenters. The molecular formula is C16H18F2N4O. The van der Waals surface area contributed by atoms with Gasteiger partial charge in [-0.05, 0) is 31.7 Å². The fraction of sp³-hybridized carbons (Fsp3) is 0.438. The van der Waals surface area contributed by atoms with Crippen LogP contribution in [0.1, 0.15) is 37.3 Å². The Morgan fingerprint density at radius 2 is 2.04 bits per heavy atom. The van der Waals surface area contributed by atoms with Gasteiger partial charge in [-0.2, -0.15) is 5.10 Å². The number of benzene rings is 1. The van der Waals surface area contributed by atoms with Crippen LogP contribution < -0.4 is 5.32 Å². The molecule has 0 radical (unpaired) electrons. The highest BCUT2D eigenvalue weighted by Gasteiger charge is 2.24. The predicted octanol–water partition coefficient (Wildman–Crippen LogP) is 2.40. The Hall–Kier alpha value is -2.31. The summed E-state index contributed by atoms with van der Waals surface area (Å²) in [5, 5.41) is 7.05. The fourth-order valence-corrected chi connectivity index (χ4v) is 3.03. The molecule has 2 aromatic rings. The fourth-order valence-electron chi connectivity index (χ4n) is 3.03. The van der Waals surface area contributed by atoms with E-state index in [1.807, 2.05) is 4.68 Å². The Kier molecular flexibility index (Phi) is 4.64. The van der Waals surface area contributed by atoms with Crippen molar-refractivity contribution in [3.05, 3.63) is 48.1 Å². The normalized spacial score (nSPS) is 21.1. The highest BCUT2D eigenvalue weighted by molar-refractivity contribution is 5.78. The van der Waals surface area contributed by atoms with Crippen molar-refractivity contribution in [3.8, 4) is 0 Å². The lowest BCUT2D eigenvalue weighted by Gasteiger charge is -2.29. The van der Waals surface area contributed by atoms with Crippen LogP contribution in [0, 0.1) is 11.6 Å². The number of hydrogen-bond donors (Lipinski definition) is 1. The largest absolute Gasteiger partial charge is 0.353 e. The number of nitrogens with one attached hydrogen (secondary N) is 1. The average molecular weight is 320 g/mol. The molecule has 1 heterocycles. The van der Waals surface area contributed by atoms with Gasteiger partial charge in [-0.15, -0.1) is 0 Å². The van der Waals surface area contributed by atoms with Crippen molar-refractivity contribution < 1.29 is 13.6 Å². The lowest BCUT2D eigenvalue weighted by atomic mass is 9.91. The molecule has 23 heavy (non-hydrogen) atoms. The Balaban J connectivity index is 1.50. The quantitative estimate of drug-likeness (QED) is 0.941. The van der Waals surface area contributed by atoms with Crippen molar-refractivity contribution in [2.75, 3.05) is 0 Å². The van der Waals surface area contributed by atoms with Gasteiger partial charge in [-0.25, -0.2) is 18.4 Å². The Morgan fingerprint density at radius 1 is 1.26 bits per heavy atom. The summed E-state index contributed by atoms with van der Waals surface area (Å²) in [7, 11) is 0. The van der Waals surface area contributed by atoms with E-state index in [4.69, 9.17) is 0 Å². The van der Waals surface area contributed by atoms with Crippen molar-refractivity contribution >= 4 is 5.91 Å². The van der Waals surface area contributed by atoms with Gasteiger partial charge in [0.25, 0.3) is 0 Å². The standard InChI is InChI=1S/C16H18F2N4O/c17-14-3-1-2-11(16(14)18)8-15(23)21-12-4-6-13(7-5-12)22-10-19-9-20-22/h1-3,9-10,12-13H,4-8H2,(H,21,23). The summed E-state index contributed by atoms with van der Waals surface area (Å²) in [6.45, 7) is 0. The van der Waals surface area contributed by atoms with Crippen molar-refractivity contribution in [2.24, 2.45) is 0 Å². The van der Waals surface area contributed by atoms with E-state index in [0.29, 0.717) is 6.04 Å². The lowest BCUT2D eigenvalue weighted by molar-refractivity contribution is -0.121. The molecule has 0 atom stereocenters. The van der Waals surface area contributed by atoms with Crippen LogP contribution in [0.5, 0.6) is 0 Å². The zero-order valence-electron chi connectivity index (χ0n) is 12.6. The number of aromatic nitrogens is 3. The van der Waals surface area contributed by atoms with Crippen LogP contribution in [-0.4, -0.2) is 26.7 Å². The highest BCUT2D eigenvalue weighted by atomic mass is 19.2. The minimum absolute atomic E-state index is 0.0684. The Labute approximate surface area is 132 Å². The number of rotatable bonds is 4. The number of halogens is 2. The molecule has 1 fully saturated rings. The molecule has 0 saturated heterocycles. The van der Waals surface area contributed by atoms with Gasteiger partial charge in [0, 0.05) is 11.6 Å². The van der Waals surface area contributed by atoms with Gasteiger partial charge in [0.2, 0.25) is 5.91 Å². The Morgan fingerprint density at radius 3 is 2.74 bits per heavy atom. The highest BCUT2D eigenvalue weighted by Crippen LogP contribution is 2.27. The third-order valence-corrected chi connectivity index (χ3v) is 4.26. The van der Waals surface area contributed by atoms with E-state index in [2.05, 4.69) is 15.4 Å². The molecule has 122 valence electrons. The first-order valence-electron chi connectivity index (χ1n) is 7.70. The van der Waals surface area contributed by atoms with E-state index in [9.17, 15) is 13.6 Å². The van der Waals surface area contributed by atoms with Crippen molar-refractivity contribution in [3.63, 3.8) is 0 Å². The molecule has 1 saturated carbocycles. The van der Waals surface area contributed by atoms with Gasteiger partial charge in [0.1, 0.15) is 12.7 Å². The second-order valence-corrected chi connectivity index (χ2v) is 5.84. The lowest BCUT2D eigenvalue weighted by Crippen LogP contribution is -2.39. The zero-order valence-corrected chi connectivity index (χ0v) is 12.6. The van der Waals surface area contributed by atoms with Gasteiger partial charge in [-0.3, -0.25) is 4.79 Å². The summed E-state index contributed by atoms with van der Waals surface area (Å²) >= 11 is 0. The van der Waals surface area contributed by atoms with Crippen LogP contribution in [0.15, 0.2) is 30.9 Å². The molecular weight excluding hydrogens is 302 g/mol. The molecule has 0 spiro atoms. The molecule has 3 rings (SSSR count). The SMILES string of the molecule is O=C(Cc1cccc(F)c1F)NC1CCC(n2cncn2)CC1. The van der Waals surface area contributed by atoms with E-state index < -0.39 is 11.6 Å². The second-order valence-electron chi connectivity index (χ2n) is 5.84. The van der Waals surface area contributed by atoms with Crippen LogP contribution in [0.2, 0.25) is 0 Å². The molecule has 0 bridgehead atoms. The van der Waals surface area contributed by atoms with E-state index >= 15 is 0 Å². The van der Waals surface area contributed by atoms with Crippen molar-refractivity contribution in [2.45, 2.75) is 44.2 Å². The van der Waals surface area contributed by atoms with Gasteiger partial charge >= 0.3 is 0 Å². The maximum Gasteiger partial charge on any atom is 0.224 e. The molecule has 1 aliphatic carbocycles. The number of carbonyl (C=O) groups is 1. The summed E-state index contributed by atoms with van der Waals surface area (Å²) in [5.74, 6) is -2.15. The number of nitrogens with zero attached hydrogens (tertiary/aromatic N) is 3. The summed E-state index contributed by atoms with van der Waals surface area (Å²) in [4.78, 5) is 16.0. The zero-order chi connectivity index (χ0) is 16.2. The third kappa shape index (κ3) is 3.72. The summed E-state index contributed by atoms with van der Waals surface area (Å²) < 4.78 is 28.6. The van der Waals surface area contributed by atoms with Crippen LogP contribution in [0.25, 0.3) is 0 Å². The summed E-state index contributed by atoms with van der Waals surface area (Å²) in [5.41, 5.74) is 0.0822. The first kappa shape index (κ1) is 15.6. The smallest absolute Gasteiger partial charge is 0.224 e. The molecule has 0 aliphatic heterocycles. The van der Waals surface area contributed by atoms with Gasteiger partial charge in [-0.1, -0.05) is 12.1 Å². The van der Waals surface area contributed by atoms with Crippen LogP contribution in [-0.2, 0) is 11.2 Å². The second kappa shape index (κ2) is 6.85. The van der Waals surface area contributed by atoms with E-state index in [-0.39, 0.29) is 23.9 Å². The number of hydrogen-bond acceptors (Lipinski definition) is 3. The van der Waals surface area contributed by atoms with Gasteiger partial charge in [0.05, 0.1) is 12.5 Å². The van der Waals surface area contributed by atoms with Gasteiger partial charge < -0.3 is 5.32 Å². The molecule has 1 N–H and O–H groups in total. The van der Waals surface area contributed by atoms with E-state index in [0.717, 1.165) is 31.7 Å². The topological polar surface area (TPSA) is 59.8 Å². The number of carbonyl (C=O) groups excluding carboxylic acids is 1. The molecule has 1 amide bonds. The van der Waals surface area contributed by atoms with E-state index in [1.54, 1.807) is 6.33 Å². The molecule has 5 nitrogen and oxygen atoms in total. The van der Waals surface area contributed by atoms with Crippen LogP contribution in [0.4, 0.5) is 8.78 Å². The minimum atomic E-state index is -0.947. The first-order valence-corrected chi connectivity index (χ1v) is 7.70. The first-order chi connectivity index (χ1) is 11.1. The van der Waals surface area contributed by atoms with Crippen LogP contribution in [0.3, 0.4) is 0 Å². The summed E-state index contributed by atoms with van der Waals surface area (Å²) in [6.07, 6.45) is 6.55. The van der Waals surface area contributed by atoms with Crippen molar-refractivity contribution in [1.82, 2.24) is 20.1 Å². The maximum absolute atomic E-state index is 13.6. The molecule has 7 heteroatoms. The molecule has 1 aliphatic rings. The minimum Gasteiger partial charge on any atom is -0.353 e. The van der Waals surface area contributed by atoms with Crippen LogP contribution >= 0.6 is 0 Å². The average Bonchev–Trinajstić information content (AvgIpc) is 3.07. The van der Waals surface area contributed by atoms with E-state index in [1.165, 1.54) is 18.5 Å². The number of amides is 1. The molecule has 1 aromatic heterocycles. The Bertz CT molecular complexity index is 667. The molecule has 1 aromatic carbocycles. The third-order valence-electron chi connectivity index (χ3n) is 4.26. The van der Waals surface area contributed by atoms with Crippen molar-refractivity contribution in [1.29, 1.82) is 0 Å².